The molecule has 1 heterocycles. The first-order valence-electron chi connectivity index (χ1n) is 5.17. The lowest BCUT2D eigenvalue weighted by Gasteiger charge is -2.05. The van der Waals surface area contributed by atoms with Gasteiger partial charge in [-0.05, 0) is 44.5 Å². The van der Waals surface area contributed by atoms with E-state index in [0.717, 1.165) is 27.0 Å². The second kappa shape index (κ2) is 4.26. The zero-order valence-electron chi connectivity index (χ0n) is 9.70. The summed E-state index contributed by atoms with van der Waals surface area (Å²) in [5, 5.41) is 0. The van der Waals surface area contributed by atoms with Gasteiger partial charge in [0, 0.05) is 10.6 Å². The number of hydrogen-bond donors (Lipinski definition) is 1. The largest absolute Gasteiger partial charge is 0.465 e. The van der Waals surface area contributed by atoms with Gasteiger partial charge in [0.15, 0.2) is 0 Å². The summed E-state index contributed by atoms with van der Waals surface area (Å²) in [6.45, 7) is 5.97. The Kier molecular flexibility index (Phi) is 2.97. The molecule has 2 rings (SSSR count). The molecule has 0 radical (unpaired) electrons. The van der Waals surface area contributed by atoms with Crippen LogP contribution in [0.4, 0.5) is 5.69 Å². The van der Waals surface area contributed by atoms with E-state index in [2.05, 4.69) is 12.1 Å². The maximum Gasteiger partial charge on any atom is 0.114 e. The minimum absolute atomic E-state index is 0.822. The van der Waals surface area contributed by atoms with E-state index >= 15 is 0 Å². The maximum absolute atomic E-state index is 5.97. The molecule has 0 saturated carbocycles. The van der Waals surface area contributed by atoms with Crippen molar-refractivity contribution in [3.63, 3.8) is 0 Å². The lowest BCUT2D eigenvalue weighted by atomic mass is 10.2. The number of benzene rings is 1. The van der Waals surface area contributed by atoms with Gasteiger partial charge in [0.1, 0.15) is 11.5 Å². The Bertz CT molecular complexity index is 517. The lowest BCUT2D eigenvalue weighted by molar-refractivity contribution is 0.498. The van der Waals surface area contributed by atoms with Crippen molar-refractivity contribution in [3.8, 4) is 0 Å². The number of nitrogens with two attached hydrogens (primary N) is 1. The van der Waals surface area contributed by atoms with E-state index in [4.69, 9.17) is 10.2 Å². The number of aryl methyl sites for hydroxylation is 3. The molecule has 0 saturated heterocycles. The summed E-state index contributed by atoms with van der Waals surface area (Å²) in [7, 11) is 0. The van der Waals surface area contributed by atoms with E-state index in [9.17, 15) is 0 Å². The van der Waals surface area contributed by atoms with Crippen molar-refractivity contribution in [2.75, 3.05) is 5.73 Å². The first-order chi connectivity index (χ1) is 7.56. The van der Waals surface area contributed by atoms with Gasteiger partial charge in [0.25, 0.3) is 0 Å². The van der Waals surface area contributed by atoms with Gasteiger partial charge < -0.3 is 10.2 Å². The molecule has 1 aromatic carbocycles. The van der Waals surface area contributed by atoms with Crippen LogP contribution in [0.2, 0.25) is 0 Å². The van der Waals surface area contributed by atoms with Crippen LogP contribution in [0.5, 0.6) is 0 Å². The molecule has 0 bridgehead atoms. The van der Waals surface area contributed by atoms with E-state index in [1.165, 1.54) is 5.56 Å². The van der Waals surface area contributed by atoms with Crippen molar-refractivity contribution in [1.82, 2.24) is 0 Å². The molecule has 2 nitrogen and oxygen atoms in total. The summed E-state index contributed by atoms with van der Waals surface area (Å²) >= 11 is 1.65. The second-order valence-corrected chi connectivity index (χ2v) is 5.00. The predicted octanol–water partition coefficient (Wildman–Crippen LogP) is 3.94. The number of rotatable bonds is 2. The Labute approximate surface area is 99.8 Å². The third-order valence-electron chi connectivity index (χ3n) is 2.38. The Hall–Kier alpha value is -1.35. The summed E-state index contributed by atoms with van der Waals surface area (Å²) < 4.78 is 5.49. The van der Waals surface area contributed by atoms with Crippen LogP contribution in [0.3, 0.4) is 0 Å². The summed E-state index contributed by atoms with van der Waals surface area (Å²) in [5.41, 5.74) is 7.98. The summed E-state index contributed by atoms with van der Waals surface area (Å²) in [6.07, 6.45) is 0. The Morgan fingerprint density at radius 1 is 1.06 bits per heavy atom. The molecule has 0 aliphatic rings. The fourth-order valence-corrected chi connectivity index (χ4v) is 2.55. The highest BCUT2D eigenvalue weighted by atomic mass is 32.2. The highest BCUT2D eigenvalue weighted by Gasteiger charge is 2.08. The molecule has 2 aromatic rings. The molecule has 1 aromatic heterocycles. The average molecular weight is 233 g/mol. The Morgan fingerprint density at radius 3 is 2.38 bits per heavy atom. The zero-order valence-corrected chi connectivity index (χ0v) is 10.5. The molecular weight excluding hydrogens is 218 g/mol. The standard InChI is InChI=1S/C13H15NOS/c1-8-4-5-12(11(14)6-8)16-13-7-9(2)15-10(13)3/h4-7H,14H2,1-3H3. The van der Waals surface area contributed by atoms with Crippen LogP contribution in [0, 0.1) is 20.8 Å². The third-order valence-corrected chi connectivity index (χ3v) is 3.60. The van der Waals surface area contributed by atoms with Gasteiger partial charge in [-0.1, -0.05) is 17.8 Å². The Balaban J connectivity index is 2.30. The van der Waals surface area contributed by atoms with Crippen LogP contribution in [0.25, 0.3) is 0 Å². The molecular formula is C13H15NOS. The van der Waals surface area contributed by atoms with E-state index < -0.39 is 0 Å². The molecule has 0 spiro atoms. The predicted molar refractivity (Wildman–Crippen MR) is 67.9 cm³/mol. The van der Waals surface area contributed by atoms with Crippen molar-refractivity contribution < 1.29 is 4.42 Å². The van der Waals surface area contributed by atoms with E-state index in [1.807, 2.05) is 32.9 Å². The highest BCUT2D eigenvalue weighted by molar-refractivity contribution is 7.99. The number of hydrogen-bond acceptors (Lipinski definition) is 3. The molecule has 2 N–H and O–H groups in total. The number of furan rings is 1. The van der Waals surface area contributed by atoms with Crippen LogP contribution < -0.4 is 5.73 Å². The fraction of sp³-hybridized carbons (Fsp3) is 0.231. The minimum atomic E-state index is 0.822. The van der Waals surface area contributed by atoms with Crippen molar-refractivity contribution in [2.45, 2.75) is 30.6 Å². The Morgan fingerprint density at radius 2 is 1.81 bits per heavy atom. The summed E-state index contributed by atoms with van der Waals surface area (Å²) in [5.74, 6) is 1.88. The van der Waals surface area contributed by atoms with Gasteiger partial charge in [-0.15, -0.1) is 0 Å². The fourth-order valence-electron chi connectivity index (χ4n) is 1.59. The SMILES string of the molecule is Cc1ccc(Sc2cc(C)oc2C)c(N)c1. The van der Waals surface area contributed by atoms with Crippen molar-refractivity contribution >= 4 is 17.4 Å². The zero-order chi connectivity index (χ0) is 11.7. The number of nitrogen functional groups attached to an aromatic ring is 1. The van der Waals surface area contributed by atoms with Crippen LogP contribution in [-0.4, -0.2) is 0 Å². The monoisotopic (exact) mass is 233 g/mol. The average Bonchev–Trinajstić information content (AvgIpc) is 2.50. The molecule has 0 amide bonds. The number of anilines is 1. The van der Waals surface area contributed by atoms with Gasteiger partial charge in [-0.3, -0.25) is 0 Å². The van der Waals surface area contributed by atoms with Crippen molar-refractivity contribution in [3.05, 3.63) is 41.3 Å². The van der Waals surface area contributed by atoms with E-state index in [0.29, 0.717) is 0 Å². The molecule has 0 fully saturated rings. The van der Waals surface area contributed by atoms with Crippen LogP contribution in [-0.2, 0) is 0 Å². The molecule has 0 aliphatic heterocycles. The van der Waals surface area contributed by atoms with Gasteiger partial charge in [0.05, 0.1) is 4.90 Å². The maximum atomic E-state index is 5.97. The van der Waals surface area contributed by atoms with Crippen LogP contribution in [0.1, 0.15) is 17.1 Å². The lowest BCUT2D eigenvalue weighted by Crippen LogP contribution is -1.89. The van der Waals surface area contributed by atoms with Gasteiger partial charge in [-0.25, -0.2) is 0 Å². The normalized spacial score (nSPS) is 10.7. The van der Waals surface area contributed by atoms with E-state index in [1.54, 1.807) is 11.8 Å². The molecule has 0 unspecified atom stereocenters. The quantitative estimate of drug-likeness (QED) is 0.798. The molecule has 0 aliphatic carbocycles. The molecule has 0 atom stereocenters. The van der Waals surface area contributed by atoms with Crippen molar-refractivity contribution in [1.29, 1.82) is 0 Å². The van der Waals surface area contributed by atoms with Crippen LogP contribution in [0.15, 0.2) is 38.5 Å². The van der Waals surface area contributed by atoms with Crippen LogP contribution >= 0.6 is 11.8 Å². The second-order valence-electron chi connectivity index (χ2n) is 3.92. The molecule has 16 heavy (non-hydrogen) atoms. The van der Waals surface area contributed by atoms with Gasteiger partial charge in [-0.2, -0.15) is 0 Å². The summed E-state index contributed by atoms with van der Waals surface area (Å²) in [6, 6.07) is 8.15. The smallest absolute Gasteiger partial charge is 0.114 e. The van der Waals surface area contributed by atoms with E-state index in [-0.39, 0.29) is 0 Å². The van der Waals surface area contributed by atoms with Gasteiger partial charge in [0.2, 0.25) is 0 Å². The first-order valence-corrected chi connectivity index (χ1v) is 5.99. The van der Waals surface area contributed by atoms with Crippen molar-refractivity contribution in [2.24, 2.45) is 0 Å². The third kappa shape index (κ3) is 2.25. The topological polar surface area (TPSA) is 39.2 Å². The minimum Gasteiger partial charge on any atom is -0.465 e. The van der Waals surface area contributed by atoms with Gasteiger partial charge >= 0.3 is 0 Å². The molecule has 3 heteroatoms. The first kappa shape index (κ1) is 11.1. The highest BCUT2D eigenvalue weighted by Crippen LogP contribution is 2.35. The summed E-state index contributed by atoms with van der Waals surface area (Å²) in [4.78, 5) is 2.21. The molecule has 84 valence electrons.